The van der Waals surface area contributed by atoms with Crippen molar-refractivity contribution < 1.29 is 14.9 Å². The molecule has 2 rings (SSSR count). The van der Waals surface area contributed by atoms with Crippen LogP contribution in [0.4, 0.5) is 5.69 Å². The number of hydrogen-bond donors (Lipinski definition) is 3. The van der Waals surface area contributed by atoms with Crippen LogP contribution >= 0.6 is 0 Å². The van der Waals surface area contributed by atoms with E-state index < -0.39 is 0 Å². The fourth-order valence-electron chi connectivity index (χ4n) is 1.67. The van der Waals surface area contributed by atoms with E-state index in [2.05, 4.69) is 5.32 Å². The molecule has 18 heavy (non-hydrogen) atoms. The van der Waals surface area contributed by atoms with Crippen molar-refractivity contribution in [3.8, 4) is 17.2 Å². The molecule has 4 heteroatoms. The van der Waals surface area contributed by atoms with Crippen LogP contribution in [0.3, 0.4) is 0 Å². The number of phenolic OH excluding ortho intramolecular Hbond substituents is 2. The number of hydrogen-bond acceptors (Lipinski definition) is 4. The van der Waals surface area contributed by atoms with Gasteiger partial charge in [-0.2, -0.15) is 0 Å². The van der Waals surface area contributed by atoms with Crippen LogP contribution < -0.4 is 10.1 Å². The predicted octanol–water partition coefficient (Wildman–Crippen LogP) is 2.72. The third kappa shape index (κ3) is 2.85. The Morgan fingerprint density at radius 3 is 2.61 bits per heavy atom. The van der Waals surface area contributed by atoms with Gasteiger partial charge >= 0.3 is 0 Å². The third-order valence-electron chi connectivity index (χ3n) is 2.59. The highest BCUT2D eigenvalue weighted by Crippen LogP contribution is 2.26. The number of ether oxygens (including phenoxy) is 1. The number of anilines is 1. The highest BCUT2D eigenvalue weighted by Gasteiger charge is 2.02. The highest BCUT2D eigenvalue weighted by molar-refractivity contribution is 5.49. The van der Waals surface area contributed by atoms with Gasteiger partial charge in [0.25, 0.3) is 0 Å². The minimum absolute atomic E-state index is 0.118. The summed E-state index contributed by atoms with van der Waals surface area (Å²) in [6.07, 6.45) is 0. The van der Waals surface area contributed by atoms with Crippen molar-refractivity contribution in [3.05, 3.63) is 48.0 Å². The van der Waals surface area contributed by atoms with Crippen molar-refractivity contribution >= 4 is 5.69 Å². The lowest BCUT2D eigenvalue weighted by molar-refractivity contribution is 0.373. The lowest BCUT2D eigenvalue weighted by Gasteiger charge is -2.09. The Balaban J connectivity index is 2.04. The molecule has 0 unspecified atom stereocenters. The van der Waals surface area contributed by atoms with Crippen molar-refractivity contribution in [1.29, 1.82) is 0 Å². The Kier molecular flexibility index (Phi) is 3.57. The molecule has 0 heterocycles. The molecule has 3 N–H and O–H groups in total. The van der Waals surface area contributed by atoms with Crippen molar-refractivity contribution in [2.24, 2.45) is 0 Å². The Morgan fingerprint density at radius 1 is 1.11 bits per heavy atom. The molecular formula is C14H15NO3. The normalized spacial score (nSPS) is 10.1. The Hall–Kier alpha value is -2.36. The molecule has 0 saturated carbocycles. The summed E-state index contributed by atoms with van der Waals surface area (Å²) in [6.45, 7) is 0.557. The van der Waals surface area contributed by atoms with Gasteiger partial charge in [0.15, 0.2) is 11.5 Å². The molecule has 2 aromatic carbocycles. The van der Waals surface area contributed by atoms with Gasteiger partial charge in [0.05, 0.1) is 7.11 Å². The molecule has 0 aliphatic carbocycles. The topological polar surface area (TPSA) is 61.7 Å². The van der Waals surface area contributed by atoms with E-state index in [9.17, 15) is 10.2 Å². The van der Waals surface area contributed by atoms with Crippen molar-refractivity contribution in [2.45, 2.75) is 6.54 Å². The second-order valence-corrected chi connectivity index (χ2v) is 3.91. The number of phenols is 2. The van der Waals surface area contributed by atoms with E-state index in [0.29, 0.717) is 12.3 Å². The SMILES string of the molecule is COc1ccc(CNc2cccc(O)c2)cc1O. The molecule has 0 atom stereocenters. The number of benzene rings is 2. The van der Waals surface area contributed by atoms with E-state index in [1.807, 2.05) is 12.1 Å². The Bertz CT molecular complexity index is 540. The van der Waals surface area contributed by atoms with Crippen molar-refractivity contribution in [3.63, 3.8) is 0 Å². The monoisotopic (exact) mass is 245 g/mol. The number of aromatic hydroxyl groups is 2. The Morgan fingerprint density at radius 2 is 1.94 bits per heavy atom. The fourth-order valence-corrected chi connectivity index (χ4v) is 1.67. The van der Waals surface area contributed by atoms with Crippen LogP contribution in [0.15, 0.2) is 42.5 Å². The molecular weight excluding hydrogens is 230 g/mol. The van der Waals surface area contributed by atoms with E-state index in [4.69, 9.17) is 4.74 Å². The summed E-state index contributed by atoms with van der Waals surface area (Å²) in [5, 5.41) is 22.1. The summed E-state index contributed by atoms with van der Waals surface area (Å²) in [6, 6.07) is 12.1. The maximum absolute atomic E-state index is 9.64. The highest BCUT2D eigenvalue weighted by atomic mass is 16.5. The average molecular weight is 245 g/mol. The van der Waals surface area contributed by atoms with E-state index in [-0.39, 0.29) is 11.5 Å². The zero-order valence-corrected chi connectivity index (χ0v) is 10.1. The quantitative estimate of drug-likeness (QED) is 0.775. The molecule has 0 aliphatic rings. The van der Waals surface area contributed by atoms with Gasteiger partial charge in [-0.1, -0.05) is 12.1 Å². The molecule has 0 amide bonds. The maximum atomic E-state index is 9.64. The van der Waals surface area contributed by atoms with E-state index in [1.165, 1.54) is 7.11 Å². The Labute approximate surface area is 105 Å². The lowest BCUT2D eigenvalue weighted by Crippen LogP contribution is -1.99. The first-order valence-electron chi connectivity index (χ1n) is 5.58. The summed E-state index contributed by atoms with van der Waals surface area (Å²) in [5.41, 5.74) is 1.75. The molecule has 0 radical (unpaired) electrons. The average Bonchev–Trinajstić information content (AvgIpc) is 2.37. The van der Waals surface area contributed by atoms with Crippen LogP contribution in [0.25, 0.3) is 0 Å². The second kappa shape index (κ2) is 5.31. The summed E-state index contributed by atoms with van der Waals surface area (Å²) >= 11 is 0. The number of rotatable bonds is 4. The molecule has 94 valence electrons. The van der Waals surface area contributed by atoms with E-state index >= 15 is 0 Å². The first-order chi connectivity index (χ1) is 8.69. The maximum Gasteiger partial charge on any atom is 0.160 e. The van der Waals surface area contributed by atoms with Crippen molar-refractivity contribution in [2.75, 3.05) is 12.4 Å². The minimum Gasteiger partial charge on any atom is -0.508 e. The van der Waals surface area contributed by atoms with Crippen LogP contribution in [0.5, 0.6) is 17.2 Å². The second-order valence-electron chi connectivity index (χ2n) is 3.91. The molecule has 4 nitrogen and oxygen atoms in total. The third-order valence-corrected chi connectivity index (χ3v) is 2.59. The summed E-state index contributed by atoms with van der Waals surface area (Å²) in [7, 11) is 1.51. The van der Waals surface area contributed by atoms with Crippen LogP contribution in [-0.4, -0.2) is 17.3 Å². The van der Waals surface area contributed by atoms with Gasteiger partial charge in [0, 0.05) is 18.3 Å². The standard InChI is InChI=1S/C14H15NO3/c1-18-14-6-5-10(7-13(14)17)9-15-11-3-2-4-12(16)8-11/h2-8,15-17H,9H2,1H3. The zero-order chi connectivity index (χ0) is 13.0. The summed E-state index contributed by atoms with van der Waals surface area (Å²) in [4.78, 5) is 0. The fraction of sp³-hybridized carbons (Fsp3) is 0.143. The minimum atomic E-state index is 0.118. The van der Waals surface area contributed by atoms with Crippen LogP contribution in [0.1, 0.15) is 5.56 Å². The van der Waals surface area contributed by atoms with Gasteiger partial charge in [-0.05, 0) is 29.8 Å². The zero-order valence-electron chi connectivity index (χ0n) is 10.1. The van der Waals surface area contributed by atoms with Crippen LogP contribution in [0, 0.1) is 0 Å². The van der Waals surface area contributed by atoms with Gasteiger partial charge in [-0.3, -0.25) is 0 Å². The smallest absolute Gasteiger partial charge is 0.160 e. The number of methoxy groups -OCH3 is 1. The summed E-state index contributed by atoms with van der Waals surface area (Å²) in [5.74, 6) is 0.793. The largest absolute Gasteiger partial charge is 0.508 e. The molecule has 0 aromatic heterocycles. The molecule has 0 saturated heterocycles. The molecule has 0 aliphatic heterocycles. The van der Waals surface area contributed by atoms with Crippen LogP contribution in [0.2, 0.25) is 0 Å². The van der Waals surface area contributed by atoms with E-state index in [1.54, 1.807) is 30.3 Å². The van der Waals surface area contributed by atoms with E-state index in [0.717, 1.165) is 11.3 Å². The number of nitrogens with one attached hydrogen (secondary N) is 1. The van der Waals surface area contributed by atoms with Gasteiger partial charge in [-0.25, -0.2) is 0 Å². The predicted molar refractivity (Wildman–Crippen MR) is 70.1 cm³/mol. The molecule has 0 fully saturated rings. The van der Waals surface area contributed by atoms with Gasteiger partial charge in [-0.15, -0.1) is 0 Å². The first-order valence-corrected chi connectivity index (χ1v) is 5.58. The molecule has 0 spiro atoms. The van der Waals surface area contributed by atoms with Gasteiger partial charge in [0.2, 0.25) is 0 Å². The molecule has 0 bridgehead atoms. The van der Waals surface area contributed by atoms with Gasteiger partial charge < -0.3 is 20.3 Å². The summed E-state index contributed by atoms with van der Waals surface area (Å²) < 4.78 is 4.98. The first kappa shape index (κ1) is 12.1. The van der Waals surface area contributed by atoms with Crippen molar-refractivity contribution in [1.82, 2.24) is 0 Å². The van der Waals surface area contributed by atoms with Gasteiger partial charge in [0.1, 0.15) is 5.75 Å². The lowest BCUT2D eigenvalue weighted by atomic mass is 10.2. The van der Waals surface area contributed by atoms with Crippen LogP contribution in [-0.2, 0) is 6.54 Å². The molecule has 2 aromatic rings.